The number of ether oxygens (including phenoxy) is 1. The third-order valence-electron chi connectivity index (χ3n) is 3.19. The van der Waals surface area contributed by atoms with Gasteiger partial charge in [0.1, 0.15) is 18.2 Å². The summed E-state index contributed by atoms with van der Waals surface area (Å²) in [5, 5.41) is 0. The molecule has 0 radical (unpaired) electrons. The molecule has 0 spiro atoms. The average molecular weight is 258 g/mol. The van der Waals surface area contributed by atoms with E-state index in [4.69, 9.17) is 4.74 Å². The summed E-state index contributed by atoms with van der Waals surface area (Å²) < 4.78 is 18.6. The van der Waals surface area contributed by atoms with E-state index in [9.17, 15) is 4.39 Å². The van der Waals surface area contributed by atoms with E-state index in [1.54, 1.807) is 12.1 Å². The summed E-state index contributed by atoms with van der Waals surface area (Å²) in [5.41, 5.74) is 3.35. The van der Waals surface area contributed by atoms with Crippen molar-refractivity contribution >= 4 is 0 Å². The zero-order valence-corrected chi connectivity index (χ0v) is 11.6. The molecule has 2 heteroatoms. The highest BCUT2D eigenvalue weighted by atomic mass is 19.1. The van der Waals surface area contributed by atoms with E-state index in [0.29, 0.717) is 12.5 Å². The van der Waals surface area contributed by atoms with Crippen LogP contribution in [0.1, 0.15) is 36.5 Å². The van der Waals surface area contributed by atoms with Gasteiger partial charge in [0.2, 0.25) is 0 Å². The van der Waals surface area contributed by atoms with Gasteiger partial charge in [-0.25, -0.2) is 4.39 Å². The fourth-order valence-electron chi connectivity index (χ4n) is 1.87. The summed E-state index contributed by atoms with van der Waals surface area (Å²) in [6.45, 7) is 6.82. The fourth-order valence-corrected chi connectivity index (χ4v) is 1.87. The maximum atomic E-state index is 12.8. The van der Waals surface area contributed by atoms with Crippen LogP contribution in [0.25, 0.3) is 0 Å². The van der Waals surface area contributed by atoms with E-state index in [2.05, 4.69) is 32.0 Å². The van der Waals surface area contributed by atoms with Crippen LogP contribution in [0.15, 0.2) is 42.5 Å². The van der Waals surface area contributed by atoms with Gasteiger partial charge in [-0.2, -0.15) is 0 Å². The number of rotatable bonds is 4. The van der Waals surface area contributed by atoms with E-state index in [0.717, 1.165) is 16.9 Å². The summed E-state index contributed by atoms with van der Waals surface area (Å²) in [5.74, 6) is 1.16. The Hall–Kier alpha value is -1.83. The first-order valence-corrected chi connectivity index (χ1v) is 6.54. The normalized spacial score (nSPS) is 10.8. The molecule has 0 heterocycles. The highest BCUT2D eigenvalue weighted by molar-refractivity contribution is 5.38. The Morgan fingerprint density at radius 3 is 2.37 bits per heavy atom. The SMILES string of the molecule is Cc1ccc(C(C)C)cc1OCc1ccc(F)cc1. The zero-order valence-electron chi connectivity index (χ0n) is 11.6. The maximum absolute atomic E-state index is 12.8. The van der Waals surface area contributed by atoms with Gasteiger partial charge < -0.3 is 4.74 Å². The molecule has 100 valence electrons. The van der Waals surface area contributed by atoms with E-state index in [1.807, 2.05) is 6.92 Å². The third kappa shape index (κ3) is 3.57. The lowest BCUT2D eigenvalue weighted by molar-refractivity contribution is 0.303. The van der Waals surface area contributed by atoms with Gasteiger partial charge in [-0.15, -0.1) is 0 Å². The topological polar surface area (TPSA) is 9.23 Å². The molecular formula is C17H19FO. The highest BCUT2D eigenvalue weighted by Crippen LogP contribution is 2.25. The van der Waals surface area contributed by atoms with Crippen LogP contribution in [0.4, 0.5) is 4.39 Å². The number of hydrogen-bond donors (Lipinski definition) is 0. The molecule has 0 saturated carbocycles. The Labute approximate surface area is 114 Å². The summed E-state index contributed by atoms with van der Waals surface area (Å²) in [7, 11) is 0. The van der Waals surface area contributed by atoms with Gasteiger partial charge >= 0.3 is 0 Å². The minimum Gasteiger partial charge on any atom is -0.489 e. The van der Waals surface area contributed by atoms with Crippen LogP contribution >= 0.6 is 0 Å². The van der Waals surface area contributed by atoms with Crippen molar-refractivity contribution in [1.82, 2.24) is 0 Å². The lowest BCUT2D eigenvalue weighted by atomic mass is 10.0. The number of hydrogen-bond acceptors (Lipinski definition) is 1. The predicted octanol–water partition coefficient (Wildman–Crippen LogP) is 4.84. The lowest BCUT2D eigenvalue weighted by Crippen LogP contribution is -1.98. The number of benzene rings is 2. The van der Waals surface area contributed by atoms with Crippen molar-refractivity contribution in [3.8, 4) is 5.75 Å². The van der Waals surface area contributed by atoms with Gasteiger partial charge in [0, 0.05) is 0 Å². The van der Waals surface area contributed by atoms with Crippen LogP contribution in [0, 0.1) is 12.7 Å². The Morgan fingerprint density at radius 2 is 1.74 bits per heavy atom. The molecule has 0 atom stereocenters. The second kappa shape index (κ2) is 5.87. The van der Waals surface area contributed by atoms with Crippen molar-refractivity contribution in [3.63, 3.8) is 0 Å². The van der Waals surface area contributed by atoms with Crippen LogP contribution in [0.5, 0.6) is 5.75 Å². The predicted molar refractivity (Wildman–Crippen MR) is 76.0 cm³/mol. The van der Waals surface area contributed by atoms with Crippen LogP contribution in [0.3, 0.4) is 0 Å². The molecular weight excluding hydrogens is 239 g/mol. The minimum absolute atomic E-state index is 0.221. The van der Waals surface area contributed by atoms with Gasteiger partial charge in [0.05, 0.1) is 0 Å². The van der Waals surface area contributed by atoms with Gasteiger partial charge in [0.15, 0.2) is 0 Å². The van der Waals surface area contributed by atoms with E-state index < -0.39 is 0 Å². The Balaban J connectivity index is 2.10. The molecule has 0 aliphatic heterocycles. The molecule has 2 rings (SSSR count). The first-order chi connectivity index (χ1) is 9.06. The number of aryl methyl sites for hydroxylation is 1. The average Bonchev–Trinajstić information content (AvgIpc) is 2.39. The van der Waals surface area contributed by atoms with Crippen molar-refractivity contribution in [2.45, 2.75) is 33.3 Å². The molecule has 0 aliphatic rings. The van der Waals surface area contributed by atoms with Gasteiger partial charge in [0.25, 0.3) is 0 Å². The van der Waals surface area contributed by atoms with Crippen molar-refractivity contribution in [1.29, 1.82) is 0 Å². The Morgan fingerprint density at radius 1 is 1.05 bits per heavy atom. The molecule has 19 heavy (non-hydrogen) atoms. The summed E-state index contributed by atoms with van der Waals surface area (Å²) in [6.07, 6.45) is 0. The zero-order chi connectivity index (χ0) is 13.8. The van der Waals surface area contributed by atoms with Gasteiger partial charge in [-0.05, 0) is 47.7 Å². The van der Waals surface area contributed by atoms with E-state index in [-0.39, 0.29) is 5.82 Å². The van der Waals surface area contributed by atoms with Gasteiger partial charge in [-0.1, -0.05) is 38.1 Å². The molecule has 0 unspecified atom stereocenters. The second-order valence-corrected chi connectivity index (χ2v) is 5.09. The maximum Gasteiger partial charge on any atom is 0.123 e. The summed E-state index contributed by atoms with van der Waals surface area (Å²) >= 11 is 0. The van der Waals surface area contributed by atoms with Crippen molar-refractivity contribution in [3.05, 3.63) is 65.0 Å². The lowest BCUT2D eigenvalue weighted by Gasteiger charge is -2.13. The second-order valence-electron chi connectivity index (χ2n) is 5.09. The Bertz CT molecular complexity index is 544. The Kier molecular flexibility index (Phi) is 4.20. The molecule has 2 aromatic rings. The molecule has 0 saturated heterocycles. The quantitative estimate of drug-likeness (QED) is 0.762. The monoisotopic (exact) mass is 258 g/mol. The van der Waals surface area contributed by atoms with Crippen LogP contribution in [-0.4, -0.2) is 0 Å². The fraction of sp³-hybridized carbons (Fsp3) is 0.294. The molecule has 0 fully saturated rings. The molecule has 2 aromatic carbocycles. The largest absolute Gasteiger partial charge is 0.489 e. The molecule has 0 N–H and O–H groups in total. The standard InChI is InChI=1S/C17H19FO/c1-12(2)15-7-4-13(3)17(10-15)19-11-14-5-8-16(18)9-6-14/h4-10,12H,11H2,1-3H3. The van der Waals surface area contributed by atoms with E-state index in [1.165, 1.54) is 17.7 Å². The summed E-state index contributed by atoms with van der Waals surface area (Å²) in [4.78, 5) is 0. The number of halogens is 1. The highest BCUT2D eigenvalue weighted by Gasteiger charge is 2.05. The summed E-state index contributed by atoms with van der Waals surface area (Å²) in [6, 6.07) is 12.7. The van der Waals surface area contributed by atoms with Crippen LogP contribution < -0.4 is 4.74 Å². The third-order valence-corrected chi connectivity index (χ3v) is 3.19. The van der Waals surface area contributed by atoms with Crippen molar-refractivity contribution in [2.75, 3.05) is 0 Å². The van der Waals surface area contributed by atoms with Crippen molar-refractivity contribution < 1.29 is 9.13 Å². The van der Waals surface area contributed by atoms with Crippen molar-refractivity contribution in [2.24, 2.45) is 0 Å². The first kappa shape index (κ1) is 13.6. The molecule has 0 amide bonds. The molecule has 0 aliphatic carbocycles. The minimum atomic E-state index is -0.221. The smallest absolute Gasteiger partial charge is 0.123 e. The molecule has 1 nitrogen and oxygen atoms in total. The molecule has 0 aromatic heterocycles. The van der Waals surface area contributed by atoms with Gasteiger partial charge in [-0.3, -0.25) is 0 Å². The van der Waals surface area contributed by atoms with Crippen LogP contribution in [-0.2, 0) is 6.61 Å². The molecule has 0 bridgehead atoms. The van der Waals surface area contributed by atoms with E-state index >= 15 is 0 Å². The van der Waals surface area contributed by atoms with Crippen LogP contribution in [0.2, 0.25) is 0 Å². The first-order valence-electron chi connectivity index (χ1n) is 6.54.